The summed E-state index contributed by atoms with van der Waals surface area (Å²) in [6, 6.07) is 6.98. The molecule has 0 aliphatic carbocycles. The first-order valence-corrected chi connectivity index (χ1v) is 9.52. The molecule has 0 saturated carbocycles. The molecule has 130 valence electrons. The zero-order valence-electron chi connectivity index (χ0n) is 14.3. The zero-order chi connectivity index (χ0) is 17.3. The van der Waals surface area contributed by atoms with Crippen LogP contribution in [0, 0.1) is 6.92 Å². The van der Waals surface area contributed by atoms with Crippen molar-refractivity contribution < 1.29 is 13.2 Å². The van der Waals surface area contributed by atoms with E-state index in [-0.39, 0.29) is 5.92 Å². The fraction of sp³-hybridized carbons (Fsp3) is 0.471. The predicted molar refractivity (Wildman–Crippen MR) is 91.2 cm³/mol. The van der Waals surface area contributed by atoms with E-state index in [4.69, 9.17) is 4.74 Å². The van der Waals surface area contributed by atoms with Crippen molar-refractivity contribution in [2.75, 3.05) is 19.8 Å². The van der Waals surface area contributed by atoms with Crippen molar-refractivity contribution in [1.29, 1.82) is 0 Å². The van der Waals surface area contributed by atoms with Gasteiger partial charge in [0.2, 0.25) is 10.0 Å². The van der Waals surface area contributed by atoms with Crippen molar-refractivity contribution in [2.24, 2.45) is 7.05 Å². The average Bonchev–Trinajstić information content (AvgIpc) is 2.94. The third-order valence-electron chi connectivity index (χ3n) is 4.47. The second-order valence-electron chi connectivity index (χ2n) is 6.14. The molecule has 24 heavy (non-hydrogen) atoms. The van der Waals surface area contributed by atoms with Crippen LogP contribution in [0.4, 0.5) is 0 Å². The quantitative estimate of drug-likeness (QED) is 0.829. The number of benzene rings is 1. The number of aryl methyl sites for hydroxylation is 2. The number of hydrogen-bond donors (Lipinski definition) is 0. The normalized spacial score (nSPS) is 18.5. The monoisotopic (exact) mass is 349 g/mol. The molecule has 2 heterocycles. The molecule has 0 amide bonds. The van der Waals surface area contributed by atoms with Gasteiger partial charge in [0, 0.05) is 31.7 Å². The standard InChI is InChI=1S/C17H23N3O3S/c1-4-23-12-14-10-20(11-17-16(14)9-18-19(17)3)24(21,22)15-7-5-13(2)6-8-15/h5-9,14H,4,10-12H2,1-3H3. The first-order chi connectivity index (χ1) is 11.4. The third kappa shape index (κ3) is 3.11. The van der Waals surface area contributed by atoms with Crippen molar-refractivity contribution in [1.82, 2.24) is 14.1 Å². The van der Waals surface area contributed by atoms with Crippen LogP contribution in [-0.4, -0.2) is 42.3 Å². The van der Waals surface area contributed by atoms with E-state index in [1.54, 1.807) is 16.8 Å². The largest absolute Gasteiger partial charge is 0.381 e. The van der Waals surface area contributed by atoms with Gasteiger partial charge < -0.3 is 4.74 Å². The topological polar surface area (TPSA) is 64.4 Å². The number of rotatable bonds is 5. The summed E-state index contributed by atoms with van der Waals surface area (Å²) in [6.07, 6.45) is 1.83. The molecule has 3 rings (SSSR count). The minimum absolute atomic E-state index is 0.00243. The highest BCUT2D eigenvalue weighted by Crippen LogP contribution is 2.31. The van der Waals surface area contributed by atoms with Gasteiger partial charge in [-0.15, -0.1) is 0 Å². The summed E-state index contributed by atoms with van der Waals surface area (Å²) < 4.78 is 34.9. The Morgan fingerprint density at radius 2 is 2.00 bits per heavy atom. The fourth-order valence-electron chi connectivity index (χ4n) is 3.04. The summed E-state index contributed by atoms with van der Waals surface area (Å²) in [7, 11) is -1.69. The number of ether oxygens (including phenoxy) is 1. The molecule has 0 fully saturated rings. The Labute approximate surface area is 143 Å². The van der Waals surface area contributed by atoms with Gasteiger partial charge in [-0.25, -0.2) is 8.42 Å². The number of sulfonamides is 1. The van der Waals surface area contributed by atoms with Crippen molar-refractivity contribution in [3.63, 3.8) is 0 Å². The van der Waals surface area contributed by atoms with Crippen LogP contribution in [-0.2, 0) is 28.4 Å². The molecule has 1 aromatic heterocycles. The number of aromatic nitrogens is 2. The van der Waals surface area contributed by atoms with Gasteiger partial charge in [0.1, 0.15) is 0 Å². The lowest BCUT2D eigenvalue weighted by Gasteiger charge is -2.32. The van der Waals surface area contributed by atoms with Crippen LogP contribution in [0.25, 0.3) is 0 Å². The third-order valence-corrected chi connectivity index (χ3v) is 6.29. The van der Waals surface area contributed by atoms with Crippen molar-refractivity contribution in [3.8, 4) is 0 Å². The Morgan fingerprint density at radius 3 is 2.67 bits per heavy atom. The Kier molecular flexibility index (Phi) is 4.76. The van der Waals surface area contributed by atoms with E-state index in [0.717, 1.165) is 16.8 Å². The molecule has 0 bridgehead atoms. The second kappa shape index (κ2) is 6.66. The van der Waals surface area contributed by atoms with E-state index in [0.29, 0.717) is 31.2 Å². The molecule has 1 aromatic carbocycles. The van der Waals surface area contributed by atoms with Crippen LogP contribution in [0.1, 0.15) is 29.7 Å². The lowest BCUT2D eigenvalue weighted by molar-refractivity contribution is 0.121. The molecule has 0 radical (unpaired) electrons. The second-order valence-corrected chi connectivity index (χ2v) is 8.08. The van der Waals surface area contributed by atoms with Crippen LogP contribution >= 0.6 is 0 Å². The summed E-state index contributed by atoms with van der Waals surface area (Å²) in [5.41, 5.74) is 3.05. The molecule has 1 aliphatic heterocycles. The molecule has 6 nitrogen and oxygen atoms in total. The van der Waals surface area contributed by atoms with Gasteiger partial charge in [-0.1, -0.05) is 17.7 Å². The van der Waals surface area contributed by atoms with Crippen LogP contribution in [0.3, 0.4) is 0 Å². The Bertz CT molecular complexity index is 812. The van der Waals surface area contributed by atoms with Crippen molar-refractivity contribution in [2.45, 2.75) is 31.2 Å². The smallest absolute Gasteiger partial charge is 0.243 e. The number of fused-ring (bicyclic) bond motifs is 1. The molecular weight excluding hydrogens is 326 g/mol. The molecule has 7 heteroatoms. The minimum atomic E-state index is -3.54. The molecule has 1 atom stereocenters. The molecule has 0 saturated heterocycles. The van der Waals surface area contributed by atoms with E-state index in [2.05, 4.69) is 5.10 Å². The van der Waals surface area contributed by atoms with Crippen molar-refractivity contribution >= 4 is 10.0 Å². The van der Waals surface area contributed by atoms with Crippen LogP contribution in [0.5, 0.6) is 0 Å². The first-order valence-electron chi connectivity index (χ1n) is 8.08. The van der Waals surface area contributed by atoms with Crippen molar-refractivity contribution in [3.05, 3.63) is 47.3 Å². The highest BCUT2D eigenvalue weighted by molar-refractivity contribution is 7.89. The summed E-state index contributed by atoms with van der Waals surface area (Å²) in [6.45, 7) is 5.73. The Hall–Kier alpha value is -1.70. The maximum atomic E-state index is 13.0. The van der Waals surface area contributed by atoms with Gasteiger partial charge in [-0.05, 0) is 26.0 Å². The van der Waals surface area contributed by atoms with Gasteiger partial charge in [0.05, 0.1) is 29.9 Å². The van der Waals surface area contributed by atoms with E-state index < -0.39 is 10.0 Å². The van der Waals surface area contributed by atoms with Crippen LogP contribution in [0.15, 0.2) is 35.4 Å². The summed E-state index contributed by atoms with van der Waals surface area (Å²) in [5.74, 6) is 0.00243. The molecular formula is C17H23N3O3S. The lowest BCUT2D eigenvalue weighted by atomic mass is 9.97. The molecule has 0 spiro atoms. The zero-order valence-corrected chi connectivity index (χ0v) is 15.1. The van der Waals surface area contributed by atoms with E-state index in [1.165, 1.54) is 4.31 Å². The van der Waals surface area contributed by atoms with Crippen LogP contribution in [0.2, 0.25) is 0 Å². The molecule has 1 unspecified atom stereocenters. The highest BCUT2D eigenvalue weighted by atomic mass is 32.2. The Morgan fingerprint density at radius 1 is 1.29 bits per heavy atom. The predicted octanol–water partition coefficient (Wildman–Crippen LogP) is 2.05. The SMILES string of the molecule is CCOCC1CN(S(=O)(=O)c2ccc(C)cc2)Cc2c1cnn2C. The minimum Gasteiger partial charge on any atom is -0.381 e. The molecule has 2 aromatic rings. The Balaban J connectivity index is 1.94. The lowest BCUT2D eigenvalue weighted by Crippen LogP contribution is -2.40. The van der Waals surface area contributed by atoms with Crippen LogP contribution < -0.4 is 0 Å². The fourth-order valence-corrected chi connectivity index (χ4v) is 4.48. The average molecular weight is 349 g/mol. The van der Waals surface area contributed by atoms with E-state index in [9.17, 15) is 8.42 Å². The number of hydrogen-bond acceptors (Lipinski definition) is 4. The summed E-state index contributed by atoms with van der Waals surface area (Å²) in [5, 5.41) is 4.30. The molecule has 0 N–H and O–H groups in total. The first kappa shape index (κ1) is 17.1. The van der Waals surface area contributed by atoms with E-state index >= 15 is 0 Å². The van der Waals surface area contributed by atoms with Gasteiger partial charge in [0.25, 0.3) is 0 Å². The maximum absolute atomic E-state index is 13.0. The highest BCUT2D eigenvalue weighted by Gasteiger charge is 2.35. The molecule has 1 aliphatic rings. The van der Waals surface area contributed by atoms with Gasteiger partial charge >= 0.3 is 0 Å². The van der Waals surface area contributed by atoms with E-state index in [1.807, 2.05) is 39.2 Å². The number of nitrogens with zero attached hydrogens (tertiary/aromatic N) is 3. The van der Waals surface area contributed by atoms with Gasteiger partial charge in [-0.2, -0.15) is 9.40 Å². The van der Waals surface area contributed by atoms with Gasteiger partial charge in [0.15, 0.2) is 0 Å². The summed E-state index contributed by atoms with van der Waals surface area (Å²) >= 11 is 0. The summed E-state index contributed by atoms with van der Waals surface area (Å²) in [4.78, 5) is 0.328. The maximum Gasteiger partial charge on any atom is 0.243 e. The van der Waals surface area contributed by atoms with Gasteiger partial charge in [-0.3, -0.25) is 4.68 Å².